The molecular formula is C17H24N2O2S2. The quantitative estimate of drug-likeness (QED) is 0.796. The maximum atomic E-state index is 6.03. The van der Waals surface area contributed by atoms with E-state index in [0.717, 1.165) is 30.0 Å². The number of thiocarbonyl (C=S) groups is 2. The molecule has 1 aromatic heterocycles. The van der Waals surface area contributed by atoms with Crippen molar-refractivity contribution in [2.45, 2.75) is 64.3 Å². The summed E-state index contributed by atoms with van der Waals surface area (Å²) in [4.78, 5) is 0.741. The molecule has 1 aromatic rings. The Morgan fingerprint density at radius 3 is 2.61 bits per heavy atom. The SMILES string of the molecule is CCOC(=S)Nc1oc(C(=S)NC2CCCCC2)c2c1CCC2. The summed E-state index contributed by atoms with van der Waals surface area (Å²) in [6.07, 6.45) is 9.45. The second-order valence-electron chi connectivity index (χ2n) is 6.22. The van der Waals surface area contributed by atoms with Crippen molar-refractivity contribution in [2.24, 2.45) is 0 Å². The lowest BCUT2D eigenvalue weighted by Gasteiger charge is -2.23. The summed E-state index contributed by atoms with van der Waals surface area (Å²) in [6, 6.07) is 0.485. The lowest BCUT2D eigenvalue weighted by molar-refractivity contribution is 0.334. The van der Waals surface area contributed by atoms with Gasteiger partial charge in [0.25, 0.3) is 5.17 Å². The van der Waals surface area contributed by atoms with Gasteiger partial charge in [0.1, 0.15) is 4.99 Å². The zero-order chi connectivity index (χ0) is 16.2. The van der Waals surface area contributed by atoms with Crippen molar-refractivity contribution in [3.05, 3.63) is 16.9 Å². The van der Waals surface area contributed by atoms with Crippen LogP contribution in [0.15, 0.2) is 4.42 Å². The number of ether oxygens (including phenoxy) is 1. The zero-order valence-corrected chi connectivity index (χ0v) is 15.2. The van der Waals surface area contributed by atoms with E-state index in [2.05, 4.69) is 10.6 Å². The fourth-order valence-corrected chi connectivity index (χ4v) is 4.05. The van der Waals surface area contributed by atoms with E-state index in [1.54, 1.807) is 0 Å². The van der Waals surface area contributed by atoms with Crippen LogP contribution in [0.3, 0.4) is 0 Å². The number of hydrogen-bond donors (Lipinski definition) is 2. The molecule has 3 rings (SSSR count). The van der Waals surface area contributed by atoms with Crippen LogP contribution in [0.5, 0.6) is 0 Å². The number of nitrogens with one attached hydrogen (secondary N) is 2. The molecular weight excluding hydrogens is 328 g/mol. The van der Waals surface area contributed by atoms with Crippen molar-refractivity contribution in [3.63, 3.8) is 0 Å². The van der Waals surface area contributed by atoms with Gasteiger partial charge in [-0.3, -0.25) is 5.32 Å². The van der Waals surface area contributed by atoms with Gasteiger partial charge in [-0.1, -0.05) is 31.5 Å². The Bertz CT molecular complexity index is 592. The van der Waals surface area contributed by atoms with Gasteiger partial charge in [-0.05, 0) is 51.2 Å². The molecule has 2 aliphatic rings. The van der Waals surface area contributed by atoms with Crippen molar-refractivity contribution in [2.75, 3.05) is 11.9 Å². The van der Waals surface area contributed by atoms with Crippen LogP contribution >= 0.6 is 24.4 Å². The highest BCUT2D eigenvalue weighted by Crippen LogP contribution is 2.35. The predicted octanol–water partition coefficient (Wildman–Crippen LogP) is 4.10. The normalized spacial score (nSPS) is 17.6. The van der Waals surface area contributed by atoms with Gasteiger partial charge in [0.15, 0.2) is 5.76 Å². The zero-order valence-electron chi connectivity index (χ0n) is 13.6. The van der Waals surface area contributed by atoms with Gasteiger partial charge in [-0.25, -0.2) is 0 Å². The minimum absolute atomic E-state index is 0.355. The minimum atomic E-state index is 0.355. The summed E-state index contributed by atoms with van der Waals surface area (Å²) in [7, 11) is 0. The first kappa shape index (κ1) is 16.7. The molecule has 0 aliphatic heterocycles. The lowest BCUT2D eigenvalue weighted by Crippen LogP contribution is -2.35. The van der Waals surface area contributed by atoms with Crippen molar-refractivity contribution in [1.29, 1.82) is 0 Å². The Morgan fingerprint density at radius 1 is 1.13 bits per heavy atom. The molecule has 1 heterocycles. The van der Waals surface area contributed by atoms with Crippen molar-refractivity contribution in [3.8, 4) is 0 Å². The molecule has 0 aromatic carbocycles. The van der Waals surface area contributed by atoms with E-state index in [0.29, 0.717) is 23.7 Å². The van der Waals surface area contributed by atoms with Crippen molar-refractivity contribution in [1.82, 2.24) is 5.32 Å². The van der Waals surface area contributed by atoms with Crippen molar-refractivity contribution >= 4 is 40.5 Å². The fourth-order valence-electron chi connectivity index (χ4n) is 3.51. The summed E-state index contributed by atoms with van der Waals surface area (Å²) in [6.45, 7) is 2.46. The summed E-state index contributed by atoms with van der Waals surface area (Å²) < 4.78 is 11.3. The first-order valence-corrected chi connectivity index (χ1v) is 9.40. The summed E-state index contributed by atoms with van der Waals surface area (Å²) in [5.74, 6) is 1.53. The van der Waals surface area contributed by atoms with Gasteiger partial charge >= 0.3 is 0 Å². The molecule has 6 heteroatoms. The highest BCUT2D eigenvalue weighted by atomic mass is 32.1. The van der Waals surface area contributed by atoms with E-state index in [1.165, 1.54) is 43.2 Å². The Morgan fingerprint density at radius 2 is 1.87 bits per heavy atom. The standard InChI is InChI=1S/C17H24N2O2S2/c1-2-20-17(23)19-15-13-10-6-9-12(13)14(21-15)16(22)18-11-7-4-3-5-8-11/h11H,2-10H2,1H3,(H,18,22)(H,19,23). The van der Waals surface area contributed by atoms with E-state index in [1.807, 2.05) is 6.92 Å². The highest BCUT2D eigenvalue weighted by molar-refractivity contribution is 7.80. The first-order valence-electron chi connectivity index (χ1n) is 8.58. The van der Waals surface area contributed by atoms with E-state index in [-0.39, 0.29) is 0 Å². The van der Waals surface area contributed by atoms with Crippen LogP contribution < -0.4 is 10.6 Å². The van der Waals surface area contributed by atoms with Crippen LogP contribution in [0.4, 0.5) is 5.88 Å². The number of hydrogen-bond acceptors (Lipinski definition) is 4. The van der Waals surface area contributed by atoms with Gasteiger partial charge in [0.05, 0.1) is 6.61 Å². The third-order valence-electron chi connectivity index (χ3n) is 4.61. The van der Waals surface area contributed by atoms with Gasteiger partial charge in [-0.2, -0.15) is 0 Å². The molecule has 0 atom stereocenters. The van der Waals surface area contributed by atoms with Crippen molar-refractivity contribution < 1.29 is 9.15 Å². The number of rotatable bonds is 4. The second-order valence-corrected chi connectivity index (χ2v) is 7.00. The van der Waals surface area contributed by atoms with Crippen LogP contribution in [0.1, 0.15) is 62.3 Å². The highest BCUT2D eigenvalue weighted by Gasteiger charge is 2.28. The minimum Gasteiger partial charge on any atom is -0.471 e. The Balaban J connectivity index is 1.74. The maximum absolute atomic E-state index is 6.03. The molecule has 23 heavy (non-hydrogen) atoms. The molecule has 2 aliphatic carbocycles. The number of anilines is 1. The van der Waals surface area contributed by atoms with E-state index < -0.39 is 0 Å². The predicted molar refractivity (Wildman–Crippen MR) is 100 cm³/mol. The third kappa shape index (κ3) is 3.86. The topological polar surface area (TPSA) is 46.4 Å². The molecule has 0 spiro atoms. The van der Waals surface area contributed by atoms with E-state index in [4.69, 9.17) is 33.6 Å². The smallest absolute Gasteiger partial charge is 0.263 e. The molecule has 2 N–H and O–H groups in total. The van der Waals surface area contributed by atoms with Crippen LogP contribution in [0.2, 0.25) is 0 Å². The van der Waals surface area contributed by atoms with Crippen LogP contribution in [0.25, 0.3) is 0 Å². The third-order valence-corrected chi connectivity index (χ3v) is 5.13. The van der Waals surface area contributed by atoms with Gasteiger partial charge in [0, 0.05) is 17.2 Å². The molecule has 0 bridgehead atoms. The Kier molecular flexibility index (Phi) is 5.54. The van der Waals surface area contributed by atoms with Gasteiger partial charge in [0.2, 0.25) is 5.88 Å². The number of fused-ring (bicyclic) bond motifs is 1. The average Bonchev–Trinajstić information content (AvgIpc) is 3.12. The molecule has 0 radical (unpaired) electrons. The van der Waals surface area contributed by atoms with E-state index >= 15 is 0 Å². The molecule has 0 unspecified atom stereocenters. The summed E-state index contributed by atoms with van der Waals surface area (Å²) >= 11 is 10.8. The molecule has 4 nitrogen and oxygen atoms in total. The second kappa shape index (κ2) is 7.62. The Hall–Kier alpha value is -1.14. The summed E-state index contributed by atoms with van der Waals surface area (Å²) in [5.41, 5.74) is 2.44. The molecule has 126 valence electrons. The largest absolute Gasteiger partial charge is 0.471 e. The monoisotopic (exact) mass is 352 g/mol. The molecule has 0 amide bonds. The molecule has 1 fully saturated rings. The molecule has 0 saturated heterocycles. The average molecular weight is 353 g/mol. The lowest BCUT2D eigenvalue weighted by atomic mass is 9.95. The van der Waals surface area contributed by atoms with Gasteiger partial charge in [-0.15, -0.1) is 0 Å². The van der Waals surface area contributed by atoms with Crippen LogP contribution in [0, 0.1) is 0 Å². The summed E-state index contributed by atoms with van der Waals surface area (Å²) in [5, 5.41) is 6.93. The van der Waals surface area contributed by atoms with E-state index in [9.17, 15) is 0 Å². The fraction of sp³-hybridized carbons (Fsp3) is 0.647. The first-order chi connectivity index (χ1) is 11.2. The maximum Gasteiger partial charge on any atom is 0.263 e. The van der Waals surface area contributed by atoms with Gasteiger partial charge < -0.3 is 14.5 Å². The number of furan rings is 1. The Labute approximate surface area is 148 Å². The molecule has 1 saturated carbocycles. The van der Waals surface area contributed by atoms with Crippen LogP contribution in [-0.2, 0) is 17.6 Å². The van der Waals surface area contributed by atoms with Crippen LogP contribution in [-0.4, -0.2) is 22.8 Å².